The largest absolute Gasteiger partial charge is 0.493 e. The Bertz CT molecular complexity index is 655. The third-order valence-corrected chi connectivity index (χ3v) is 5.89. The summed E-state index contributed by atoms with van der Waals surface area (Å²) in [5.74, 6) is 2.07. The minimum Gasteiger partial charge on any atom is -0.493 e. The standard InChI is InChI=1S/C21H31NO3/c1-14(2)10-15-13-21(8-9-22(3)20(21)12-17(15)23)16-6-7-18(24-4)19(11-16)25-5/h6-7,11,13-14,17,20,23H,8-10,12H2,1-5H3/t17-,20-,21+/m0/s1. The van der Waals surface area contributed by atoms with Crippen LogP contribution in [0.1, 0.15) is 38.7 Å². The zero-order chi connectivity index (χ0) is 18.2. The Balaban J connectivity index is 2.10. The number of benzene rings is 1. The van der Waals surface area contributed by atoms with Gasteiger partial charge in [-0.2, -0.15) is 0 Å². The summed E-state index contributed by atoms with van der Waals surface area (Å²) in [4.78, 5) is 2.39. The summed E-state index contributed by atoms with van der Waals surface area (Å²) in [6.07, 6.45) is 4.85. The molecule has 138 valence electrons. The van der Waals surface area contributed by atoms with Gasteiger partial charge in [-0.3, -0.25) is 0 Å². The van der Waals surface area contributed by atoms with Gasteiger partial charge in [0, 0.05) is 11.5 Å². The molecule has 0 bridgehead atoms. The van der Waals surface area contributed by atoms with E-state index in [1.54, 1.807) is 14.2 Å². The second kappa shape index (κ2) is 7.00. The van der Waals surface area contributed by atoms with Crippen LogP contribution in [0.25, 0.3) is 0 Å². The number of likely N-dealkylation sites (tertiary alicyclic amines) is 1. The number of rotatable bonds is 5. The Kier molecular flexibility index (Phi) is 5.12. The van der Waals surface area contributed by atoms with Crippen LogP contribution in [0.5, 0.6) is 11.5 Å². The number of ether oxygens (including phenoxy) is 2. The summed E-state index contributed by atoms with van der Waals surface area (Å²) in [7, 11) is 5.52. The molecule has 0 aromatic heterocycles. The monoisotopic (exact) mass is 345 g/mol. The Hall–Kier alpha value is -1.52. The lowest BCUT2D eigenvalue weighted by molar-refractivity contribution is 0.122. The molecule has 1 aromatic rings. The fourth-order valence-corrected chi connectivity index (χ4v) is 4.64. The number of hydrogen-bond donors (Lipinski definition) is 1. The maximum Gasteiger partial charge on any atom is 0.161 e. The Morgan fingerprint density at radius 1 is 1.24 bits per heavy atom. The van der Waals surface area contributed by atoms with Gasteiger partial charge in [0.15, 0.2) is 11.5 Å². The number of hydrogen-bond acceptors (Lipinski definition) is 4. The lowest BCUT2D eigenvalue weighted by Gasteiger charge is -2.42. The summed E-state index contributed by atoms with van der Waals surface area (Å²) in [6, 6.07) is 6.59. The average molecular weight is 345 g/mol. The van der Waals surface area contributed by atoms with E-state index < -0.39 is 0 Å². The highest BCUT2D eigenvalue weighted by atomic mass is 16.5. The highest BCUT2D eigenvalue weighted by Crippen LogP contribution is 2.49. The number of aliphatic hydroxyl groups excluding tert-OH is 1. The van der Waals surface area contributed by atoms with E-state index in [-0.39, 0.29) is 11.5 Å². The van der Waals surface area contributed by atoms with Crippen molar-refractivity contribution in [2.45, 2.75) is 50.7 Å². The van der Waals surface area contributed by atoms with Gasteiger partial charge in [0.25, 0.3) is 0 Å². The van der Waals surface area contributed by atoms with Crippen molar-refractivity contribution in [1.29, 1.82) is 0 Å². The molecular weight excluding hydrogens is 314 g/mol. The van der Waals surface area contributed by atoms with Gasteiger partial charge in [-0.1, -0.05) is 26.0 Å². The SMILES string of the molecule is COc1ccc([C@@]23C=C(CC(C)C)[C@@H](O)C[C@@H]2N(C)CC3)cc1OC. The molecular formula is C21H31NO3. The summed E-state index contributed by atoms with van der Waals surface area (Å²) < 4.78 is 11.0. The van der Waals surface area contributed by atoms with Crippen molar-refractivity contribution in [3.63, 3.8) is 0 Å². The molecule has 1 aromatic carbocycles. The minimum atomic E-state index is -0.332. The summed E-state index contributed by atoms with van der Waals surface area (Å²) >= 11 is 0. The number of likely N-dealkylation sites (N-methyl/N-ethyl adjacent to an activating group) is 1. The Morgan fingerprint density at radius 2 is 1.96 bits per heavy atom. The zero-order valence-electron chi connectivity index (χ0n) is 16.1. The predicted octanol–water partition coefficient (Wildman–Crippen LogP) is 3.38. The van der Waals surface area contributed by atoms with Crippen LogP contribution in [0.2, 0.25) is 0 Å². The number of aliphatic hydroxyl groups is 1. The second-order valence-corrected chi connectivity index (χ2v) is 7.93. The fraction of sp³-hybridized carbons (Fsp3) is 0.619. The summed E-state index contributed by atoms with van der Waals surface area (Å²) in [5, 5.41) is 10.7. The number of nitrogens with zero attached hydrogens (tertiary/aromatic N) is 1. The van der Waals surface area contributed by atoms with Gasteiger partial charge in [0.1, 0.15) is 0 Å². The predicted molar refractivity (Wildman–Crippen MR) is 100 cm³/mol. The van der Waals surface area contributed by atoms with Crippen molar-refractivity contribution in [1.82, 2.24) is 4.90 Å². The van der Waals surface area contributed by atoms with Gasteiger partial charge >= 0.3 is 0 Å². The Morgan fingerprint density at radius 3 is 2.60 bits per heavy atom. The van der Waals surface area contributed by atoms with Gasteiger partial charge in [-0.05, 0) is 62.0 Å². The van der Waals surface area contributed by atoms with E-state index in [0.29, 0.717) is 12.0 Å². The van der Waals surface area contributed by atoms with Crippen LogP contribution >= 0.6 is 0 Å². The molecule has 1 heterocycles. The molecule has 4 nitrogen and oxygen atoms in total. The maximum absolute atomic E-state index is 10.7. The van der Waals surface area contributed by atoms with Gasteiger partial charge < -0.3 is 19.5 Å². The lowest BCUT2D eigenvalue weighted by Crippen LogP contribution is -2.46. The first-order valence-corrected chi connectivity index (χ1v) is 9.23. The van der Waals surface area contributed by atoms with Crippen LogP contribution in [0, 0.1) is 5.92 Å². The van der Waals surface area contributed by atoms with Gasteiger partial charge in [0.2, 0.25) is 0 Å². The third-order valence-electron chi connectivity index (χ3n) is 5.89. The van der Waals surface area contributed by atoms with E-state index in [1.807, 2.05) is 6.07 Å². The molecule has 0 saturated carbocycles. The first-order chi connectivity index (χ1) is 11.9. The molecule has 1 saturated heterocycles. The highest BCUT2D eigenvalue weighted by Gasteiger charge is 2.49. The highest BCUT2D eigenvalue weighted by molar-refractivity contribution is 5.49. The van der Waals surface area contributed by atoms with Gasteiger partial charge in [-0.25, -0.2) is 0 Å². The van der Waals surface area contributed by atoms with Crippen molar-refractivity contribution in [3.8, 4) is 11.5 Å². The smallest absolute Gasteiger partial charge is 0.161 e. The van der Waals surface area contributed by atoms with Crippen molar-refractivity contribution >= 4 is 0 Å². The molecule has 25 heavy (non-hydrogen) atoms. The lowest BCUT2D eigenvalue weighted by atomic mass is 9.66. The van der Waals surface area contributed by atoms with Crippen LogP contribution in [0.15, 0.2) is 29.8 Å². The minimum absolute atomic E-state index is 0.0578. The quantitative estimate of drug-likeness (QED) is 0.831. The van der Waals surface area contributed by atoms with Gasteiger partial charge in [-0.15, -0.1) is 0 Å². The van der Waals surface area contributed by atoms with Crippen LogP contribution in [0.3, 0.4) is 0 Å². The van der Waals surface area contributed by atoms with Crippen LogP contribution in [-0.4, -0.2) is 50.0 Å². The van der Waals surface area contributed by atoms with Crippen molar-refractivity contribution in [3.05, 3.63) is 35.4 Å². The second-order valence-electron chi connectivity index (χ2n) is 7.93. The van der Waals surface area contributed by atoms with E-state index in [1.165, 1.54) is 11.1 Å². The normalized spacial score (nSPS) is 29.5. The molecule has 3 rings (SSSR count). The molecule has 2 aliphatic rings. The van der Waals surface area contributed by atoms with Crippen LogP contribution in [-0.2, 0) is 5.41 Å². The van der Waals surface area contributed by atoms with Crippen molar-refractivity contribution in [2.24, 2.45) is 5.92 Å². The van der Waals surface area contributed by atoms with Crippen LogP contribution in [0.4, 0.5) is 0 Å². The molecule has 0 unspecified atom stereocenters. The first kappa shape index (κ1) is 18.3. The maximum atomic E-state index is 10.7. The topological polar surface area (TPSA) is 41.9 Å². The molecule has 1 fully saturated rings. The van der Waals surface area contributed by atoms with E-state index in [2.05, 4.69) is 44.0 Å². The zero-order valence-corrected chi connectivity index (χ0v) is 16.1. The van der Waals surface area contributed by atoms with Crippen molar-refractivity contribution < 1.29 is 14.6 Å². The van der Waals surface area contributed by atoms with E-state index >= 15 is 0 Å². The molecule has 3 atom stereocenters. The van der Waals surface area contributed by atoms with Crippen molar-refractivity contribution in [2.75, 3.05) is 27.8 Å². The summed E-state index contributed by atoms with van der Waals surface area (Å²) in [5.41, 5.74) is 2.39. The number of fused-ring (bicyclic) bond motifs is 1. The first-order valence-electron chi connectivity index (χ1n) is 9.23. The average Bonchev–Trinajstić information content (AvgIpc) is 2.91. The molecule has 4 heteroatoms. The Labute approximate surface area is 151 Å². The fourth-order valence-electron chi connectivity index (χ4n) is 4.64. The van der Waals surface area contributed by atoms with Gasteiger partial charge in [0.05, 0.1) is 20.3 Å². The van der Waals surface area contributed by atoms with E-state index in [0.717, 1.165) is 37.3 Å². The molecule has 0 spiro atoms. The third kappa shape index (κ3) is 3.18. The van der Waals surface area contributed by atoms with Crippen LogP contribution < -0.4 is 9.47 Å². The number of methoxy groups -OCH3 is 2. The van der Waals surface area contributed by atoms with E-state index in [4.69, 9.17) is 9.47 Å². The molecule has 0 radical (unpaired) electrons. The molecule has 1 N–H and O–H groups in total. The molecule has 1 aliphatic heterocycles. The summed E-state index contributed by atoms with van der Waals surface area (Å²) in [6.45, 7) is 5.46. The van der Waals surface area contributed by atoms with E-state index in [9.17, 15) is 5.11 Å². The molecule has 0 amide bonds. The molecule has 1 aliphatic carbocycles.